The smallest absolute Gasteiger partial charge is 0.341 e. The summed E-state index contributed by atoms with van der Waals surface area (Å²) in [6.07, 6.45) is -4.35. The number of halogens is 3. The molecule has 0 N–H and O–H groups in total. The lowest BCUT2D eigenvalue weighted by molar-refractivity contribution is -0.137. The molecule has 0 atom stereocenters. The third-order valence-electron chi connectivity index (χ3n) is 3.57. The number of nitriles is 1. The summed E-state index contributed by atoms with van der Waals surface area (Å²) in [6.45, 7) is 0.366. The summed E-state index contributed by atoms with van der Waals surface area (Å²) in [5.74, 6) is -0.195. The van der Waals surface area contributed by atoms with Crippen LogP contribution in [0.4, 0.5) is 13.2 Å². The van der Waals surface area contributed by atoms with Crippen molar-refractivity contribution in [2.24, 2.45) is 0 Å². The number of hydrogen-bond acceptors (Lipinski definition) is 2. The molecule has 0 bridgehead atoms. The van der Waals surface area contributed by atoms with Gasteiger partial charge in [0, 0.05) is 13.6 Å². The summed E-state index contributed by atoms with van der Waals surface area (Å²) in [4.78, 5) is 13.7. The van der Waals surface area contributed by atoms with Crippen molar-refractivity contribution in [2.45, 2.75) is 19.1 Å². The van der Waals surface area contributed by atoms with Gasteiger partial charge in [-0.05, 0) is 35.4 Å². The lowest BCUT2D eigenvalue weighted by Gasteiger charge is -2.17. The summed E-state index contributed by atoms with van der Waals surface area (Å²) >= 11 is 0. The molecule has 0 unspecified atom stereocenters. The molecule has 0 aliphatic heterocycles. The summed E-state index contributed by atoms with van der Waals surface area (Å²) in [5, 5.41) is 8.75. The fourth-order valence-electron chi connectivity index (χ4n) is 2.17. The zero-order valence-electron chi connectivity index (χ0n) is 13.0. The van der Waals surface area contributed by atoms with Gasteiger partial charge in [-0.15, -0.1) is 0 Å². The van der Waals surface area contributed by atoms with E-state index in [9.17, 15) is 18.0 Å². The van der Waals surface area contributed by atoms with E-state index in [2.05, 4.69) is 0 Å². The van der Waals surface area contributed by atoms with E-state index in [1.54, 1.807) is 31.3 Å². The van der Waals surface area contributed by atoms with Crippen LogP contribution >= 0.6 is 0 Å². The van der Waals surface area contributed by atoms with Crippen LogP contribution in [0.3, 0.4) is 0 Å². The Morgan fingerprint density at radius 2 is 1.58 bits per heavy atom. The molecule has 0 aliphatic rings. The van der Waals surface area contributed by atoms with Crippen molar-refractivity contribution in [2.75, 3.05) is 7.05 Å². The topological polar surface area (TPSA) is 44.1 Å². The van der Waals surface area contributed by atoms with Crippen LogP contribution in [-0.4, -0.2) is 17.9 Å². The van der Waals surface area contributed by atoms with Gasteiger partial charge in [0.1, 0.15) is 0 Å². The van der Waals surface area contributed by atoms with Crippen molar-refractivity contribution in [1.82, 2.24) is 4.90 Å². The van der Waals surface area contributed by atoms with Gasteiger partial charge in [-0.25, -0.2) is 0 Å². The quantitative estimate of drug-likeness (QED) is 0.855. The third-order valence-corrected chi connectivity index (χ3v) is 3.57. The second kappa shape index (κ2) is 7.18. The Bertz CT molecular complexity index is 744. The van der Waals surface area contributed by atoms with Crippen LogP contribution in [0.15, 0.2) is 48.5 Å². The molecule has 0 fully saturated rings. The van der Waals surface area contributed by atoms with Gasteiger partial charge >= 0.3 is 6.18 Å². The molecular formula is C18H15F3N2O. The molecule has 24 heavy (non-hydrogen) atoms. The van der Waals surface area contributed by atoms with Gasteiger partial charge in [-0.2, -0.15) is 18.4 Å². The molecule has 0 aromatic heterocycles. The second-order valence-corrected chi connectivity index (χ2v) is 5.43. The Morgan fingerprint density at radius 1 is 1.04 bits per heavy atom. The van der Waals surface area contributed by atoms with Crippen LogP contribution in [0.2, 0.25) is 0 Å². The molecule has 0 radical (unpaired) electrons. The largest absolute Gasteiger partial charge is 0.416 e. The van der Waals surface area contributed by atoms with Crippen LogP contribution in [0, 0.1) is 11.3 Å². The van der Waals surface area contributed by atoms with E-state index in [1.807, 2.05) is 6.07 Å². The van der Waals surface area contributed by atoms with Gasteiger partial charge in [-0.1, -0.05) is 24.3 Å². The lowest BCUT2D eigenvalue weighted by atomic mass is 10.1. The maximum atomic E-state index is 12.5. The maximum Gasteiger partial charge on any atom is 0.416 e. The van der Waals surface area contributed by atoms with Crippen molar-refractivity contribution in [1.29, 1.82) is 5.26 Å². The van der Waals surface area contributed by atoms with Gasteiger partial charge in [-0.3, -0.25) is 4.79 Å². The van der Waals surface area contributed by atoms with E-state index in [-0.39, 0.29) is 12.3 Å². The number of nitrogens with zero attached hydrogens (tertiary/aromatic N) is 2. The average molecular weight is 332 g/mol. The number of rotatable bonds is 4. The first kappa shape index (κ1) is 17.5. The summed E-state index contributed by atoms with van der Waals surface area (Å²) in [6, 6.07) is 13.5. The number of benzene rings is 2. The highest BCUT2D eigenvalue weighted by molar-refractivity contribution is 5.78. The van der Waals surface area contributed by atoms with Crippen LogP contribution in [0.1, 0.15) is 22.3 Å². The Balaban J connectivity index is 1.97. The Kier molecular flexibility index (Phi) is 5.24. The van der Waals surface area contributed by atoms with Crippen molar-refractivity contribution >= 4 is 5.91 Å². The fraction of sp³-hybridized carbons (Fsp3) is 0.222. The van der Waals surface area contributed by atoms with Crippen LogP contribution in [-0.2, 0) is 23.9 Å². The SMILES string of the molecule is CN(Cc1ccc(C#N)cc1)C(=O)Cc1ccc(C(F)(F)F)cc1. The molecule has 1 amide bonds. The molecule has 2 rings (SSSR count). The first-order chi connectivity index (χ1) is 11.3. The summed E-state index contributed by atoms with van der Waals surface area (Å²) in [7, 11) is 1.63. The molecule has 0 saturated carbocycles. The molecule has 0 spiro atoms. The zero-order valence-corrected chi connectivity index (χ0v) is 13.0. The van der Waals surface area contributed by atoms with E-state index in [4.69, 9.17) is 5.26 Å². The first-order valence-corrected chi connectivity index (χ1v) is 7.19. The minimum Gasteiger partial charge on any atom is -0.341 e. The Morgan fingerprint density at radius 3 is 2.08 bits per heavy atom. The van der Waals surface area contributed by atoms with Gasteiger partial charge < -0.3 is 4.90 Å². The van der Waals surface area contributed by atoms with E-state index >= 15 is 0 Å². The number of carbonyl (C=O) groups excluding carboxylic acids is 1. The second-order valence-electron chi connectivity index (χ2n) is 5.43. The van der Waals surface area contributed by atoms with Gasteiger partial charge in [0.05, 0.1) is 23.6 Å². The molecule has 3 nitrogen and oxygen atoms in total. The molecule has 0 aliphatic carbocycles. The average Bonchev–Trinajstić information content (AvgIpc) is 2.55. The molecule has 2 aromatic carbocycles. The monoisotopic (exact) mass is 332 g/mol. The van der Waals surface area contributed by atoms with E-state index in [0.29, 0.717) is 17.7 Å². The number of likely N-dealkylation sites (N-methyl/N-ethyl adjacent to an activating group) is 1. The van der Waals surface area contributed by atoms with Crippen LogP contribution in [0.25, 0.3) is 0 Å². The lowest BCUT2D eigenvalue weighted by Crippen LogP contribution is -2.27. The molecule has 124 valence electrons. The molecule has 0 saturated heterocycles. The summed E-state index contributed by atoms with van der Waals surface area (Å²) < 4.78 is 37.5. The molecule has 6 heteroatoms. The van der Waals surface area contributed by atoms with Crippen LogP contribution < -0.4 is 0 Å². The van der Waals surface area contributed by atoms with E-state index in [1.165, 1.54) is 17.0 Å². The van der Waals surface area contributed by atoms with Crippen LogP contribution in [0.5, 0.6) is 0 Å². The van der Waals surface area contributed by atoms with Gasteiger partial charge in [0.15, 0.2) is 0 Å². The highest BCUT2D eigenvalue weighted by Crippen LogP contribution is 2.29. The Labute approximate surface area is 137 Å². The van der Waals surface area contributed by atoms with Gasteiger partial charge in [0.2, 0.25) is 5.91 Å². The fourth-order valence-corrected chi connectivity index (χ4v) is 2.17. The van der Waals surface area contributed by atoms with Gasteiger partial charge in [0.25, 0.3) is 0 Å². The molecular weight excluding hydrogens is 317 g/mol. The predicted molar refractivity (Wildman–Crippen MR) is 82.8 cm³/mol. The molecule has 0 heterocycles. The minimum absolute atomic E-state index is 0.0327. The van der Waals surface area contributed by atoms with Crippen molar-refractivity contribution < 1.29 is 18.0 Å². The first-order valence-electron chi connectivity index (χ1n) is 7.19. The number of alkyl halides is 3. The third kappa shape index (κ3) is 4.59. The van der Waals surface area contributed by atoms with E-state index < -0.39 is 11.7 Å². The predicted octanol–water partition coefficient (Wildman–Crippen LogP) is 3.78. The summed E-state index contributed by atoms with van der Waals surface area (Å²) in [5.41, 5.74) is 1.21. The number of amides is 1. The maximum absolute atomic E-state index is 12.5. The molecule has 2 aromatic rings. The normalized spacial score (nSPS) is 11.0. The Hall–Kier alpha value is -2.81. The minimum atomic E-state index is -4.38. The number of hydrogen-bond donors (Lipinski definition) is 0. The van der Waals surface area contributed by atoms with Crippen molar-refractivity contribution in [3.8, 4) is 6.07 Å². The van der Waals surface area contributed by atoms with Crippen molar-refractivity contribution in [3.63, 3.8) is 0 Å². The van der Waals surface area contributed by atoms with Crippen molar-refractivity contribution in [3.05, 3.63) is 70.8 Å². The van der Waals surface area contributed by atoms with E-state index in [0.717, 1.165) is 17.7 Å². The standard InChI is InChI=1S/C18H15F3N2O/c1-23(12-15-4-2-14(11-22)3-5-15)17(24)10-13-6-8-16(9-7-13)18(19,20)21/h2-9H,10,12H2,1H3. The zero-order chi connectivity index (χ0) is 17.7. The number of carbonyl (C=O) groups is 1. The highest BCUT2D eigenvalue weighted by atomic mass is 19.4. The highest BCUT2D eigenvalue weighted by Gasteiger charge is 2.30.